The Balaban J connectivity index is 2.14. The average Bonchev–Trinajstić information content (AvgIpc) is 2.86. The van der Waals surface area contributed by atoms with Gasteiger partial charge in [-0.25, -0.2) is 4.39 Å². The van der Waals surface area contributed by atoms with E-state index in [1.165, 1.54) is 25.3 Å². The Morgan fingerprint density at radius 2 is 1.89 bits per heavy atom. The predicted molar refractivity (Wildman–Crippen MR) is 138 cm³/mol. The van der Waals surface area contributed by atoms with Crippen LogP contribution >= 0.6 is 0 Å². The fourth-order valence-electron chi connectivity index (χ4n) is 3.92. The fraction of sp³-hybridized carbons (Fsp3) is 0.276. The summed E-state index contributed by atoms with van der Waals surface area (Å²) in [6.45, 7) is 4.21. The van der Waals surface area contributed by atoms with E-state index in [1.54, 1.807) is 36.7 Å². The molecular formula is C29H30FNO6. The number of pyridine rings is 1. The largest absolute Gasteiger partial charge is 0.493 e. The molecule has 0 saturated heterocycles. The number of aliphatic hydroxyl groups excluding tert-OH is 1. The number of nitrogens with zero attached hydrogens (tertiary/aromatic N) is 1. The molecule has 0 aliphatic heterocycles. The highest BCUT2D eigenvalue weighted by atomic mass is 19.1. The van der Waals surface area contributed by atoms with Crippen LogP contribution in [0.5, 0.6) is 11.5 Å². The molecule has 7 nitrogen and oxygen atoms in total. The first-order valence-electron chi connectivity index (χ1n) is 11.8. The standard InChI is InChI=1S/C29H30FNO6/c1-18(2)25-15-26(36-3)29(37-17-19-5-4-12-31-16-19)28(20-6-8-21(30)9-7-20)24(25)11-10-22(32)13-23(33)14-27(34)35/h4-12,15-16,18,22,32H,13-14,17H2,1-3H3,(H,34,35). The molecule has 194 valence electrons. The van der Waals surface area contributed by atoms with Crippen LogP contribution in [0.3, 0.4) is 0 Å². The Morgan fingerprint density at radius 1 is 1.16 bits per heavy atom. The topological polar surface area (TPSA) is 106 Å². The normalized spacial score (nSPS) is 12.1. The molecular weight excluding hydrogens is 477 g/mol. The van der Waals surface area contributed by atoms with E-state index in [2.05, 4.69) is 4.98 Å². The van der Waals surface area contributed by atoms with Crippen molar-refractivity contribution in [1.82, 2.24) is 4.98 Å². The molecule has 1 aromatic heterocycles. The maximum Gasteiger partial charge on any atom is 0.310 e. The highest BCUT2D eigenvalue weighted by molar-refractivity contribution is 5.95. The number of ketones is 1. The van der Waals surface area contributed by atoms with Gasteiger partial charge in [0.25, 0.3) is 0 Å². The third-order valence-electron chi connectivity index (χ3n) is 5.67. The van der Waals surface area contributed by atoms with E-state index in [0.717, 1.165) is 11.1 Å². The van der Waals surface area contributed by atoms with Crippen molar-refractivity contribution in [3.05, 3.63) is 83.4 Å². The number of methoxy groups -OCH3 is 1. The van der Waals surface area contributed by atoms with Crippen molar-refractivity contribution >= 4 is 17.8 Å². The van der Waals surface area contributed by atoms with Crippen molar-refractivity contribution in [3.8, 4) is 22.6 Å². The summed E-state index contributed by atoms with van der Waals surface area (Å²) in [6, 6.07) is 11.5. The lowest BCUT2D eigenvalue weighted by Crippen LogP contribution is -2.14. The summed E-state index contributed by atoms with van der Waals surface area (Å²) in [5, 5.41) is 19.3. The molecule has 0 bridgehead atoms. The van der Waals surface area contributed by atoms with E-state index in [1.807, 2.05) is 26.0 Å². The van der Waals surface area contributed by atoms with Crippen molar-refractivity contribution in [1.29, 1.82) is 0 Å². The van der Waals surface area contributed by atoms with Gasteiger partial charge in [-0.3, -0.25) is 14.6 Å². The molecule has 2 N–H and O–H groups in total. The van der Waals surface area contributed by atoms with Crippen molar-refractivity contribution in [2.45, 2.75) is 45.3 Å². The van der Waals surface area contributed by atoms with Crippen LogP contribution in [0.15, 0.2) is 60.9 Å². The first kappa shape index (κ1) is 27.5. The molecule has 0 amide bonds. The molecule has 2 aromatic carbocycles. The number of carboxylic acid groups (broad SMARTS) is 1. The number of benzene rings is 2. The zero-order valence-electron chi connectivity index (χ0n) is 21.0. The van der Waals surface area contributed by atoms with E-state index >= 15 is 0 Å². The minimum Gasteiger partial charge on any atom is -0.493 e. The van der Waals surface area contributed by atoms with E-state index in [-0.39, 0.29) is 18.9 Å². The second-order valence-corrected chi connectivity index (χ2v) is 8.84. The molecule has 1 unspecified atom stereocenters. The number of Topliss-reactive ketones (excluding diaryl/α,β-unsaturated/α-hetero) is 1. The molecule has 0 fully saturated rings. The average molecular weight is 508 g/mol. The van der Waals surface area contributed by atoms with Crippen LogP contribution in [0.2, 0.25) is 0 Å². The minimum atomic E-state index is -1.24. The molecule has 0 aliphatic rings. The number of carbonyl (C=O) groups is 2. The third kappa shape index (κ3) is 7.47. The van der Waals surface area contributed by atoms with Crippen LogP contribution < -0.4 is 9.47 Å². The summed E-state index contributed by atoms with van der Waals surface area (Å²) < 4.78 is 25.7. The molecule has 1 heterocycles. The maximum absolute atomic E-state index is 13.8. The Labute approximate surface area is 215 Å². The molecule has 37 heavy (non-hydrogen) atoms. The third-order valence-corrected chi connectivity index (χ3v) is 5.67. The van der Waals surface area contributed by atoms with Gasteiger partial charge in [-0.2, -0.15) is 0 Å². The molecule has 3 rings (SSSR count). The lowest BCUT2D eigenvalue weighted by molar-refractivity contribution is -0.140. The van der Waals surface area contributed by atoms with Gasteiger partial charge in [-0.1, -0.05) is 44.2 Å². The summed E-state index contributed by atoms with van der Waals surface area (Å²) >= 11 is 0. The summed E-state index contributed by atoms with van der Waals surface area (Å²) in [7, 11) is 1.54. The van der Waals surface area contributed by atoms with Gasteiger partial charge in [0, 0.05) is 29.9 Å². The van der Waals surface area contributed by atoms with Crippen molar-refractivity contribution < 1.29 is 33.7 Å². The van der Waals surface area contributed by atoms with Crippen molar-refractivity contribution in [2.24, 2.45) is 0 Å². The van der Waals surface area contributed by atoms with Gasteiger partial charge in [0.05, 0.1) is 13.2 Å². The molecule has 3 aromatic rings. The Bertz CT molecular complexity index is 1260. The summed E-state index contributed by atoms with van der Waals surface area (Å²) in [5.41, 5.74) is 3.72. The van der Waals surface area contributed by atoms with Gasteiger partial charge in [0.15, 0.2) is 11.5 Å². The first-order valence-corrected chi connectivity index (χ1v) is 11.8. The molecule has 0 radical (unpaired) electrons. The summed E-state index contributed by atoms with van der Waals surface area (Å²) in [5.74, 6) is -1.27. The lowest BCUT2D eigenvalue weighted by Gasteiger charge is -2.22. The number of ether oxygens (including phenoxy) is 2. The second-order valence-electron chi connectivity index (χ2n) is 8.84. The number of carbonyl (C=O) groups excluding carboxylic acids is 1. The molecule has 0 saturated carbocycles. The van der Waals surface area contributed by atoms with Gasteiger partial charge in [-0.15, -0.1) is 0 Å². The van der Waals surface area contributed by atoms with E-state index < -0.39 is 30.1 Å². The number of hydrogen-bond donors (Lipinski definition) is 2. The van der Waals surface area contributed by atoms with Crippen LogP contribution in [0.25, 0.3) is 17.2 Å². The van der Waals surface area contributed by atoms with Crippen LogP contribution in [0, 0.1) is 5.82 Å². The number of carboxylic acids is 1. The van der Waals surface area contributed by atoms with Crippen molar-refractivity contribution in [2.75, 3.05) is 7.11 Å². The first-order chi connectivity index (χ1) is 17.7. The number of rotatable bonds is 12. The monoisotopic (exact) mass is 507 g/mol. The van der Waals surface area contributed by atoms with E-state index in [0.29, 0.717) is 28.2 Å². The van der Waals surface area contributed by atoms with Gasteiger partial charge in [-0.05, 0) is 46.9 Å². The SMILES string of the molecule is COc1cc(C(C)C)c(C=CC(O)CC(=O)CC(=O)O)c(-c2ccc(F)cc2)c1OCc1cccnc1. The highest BCUT2D eigenvalue weighted by Crippen LogP contribution is 2.45. The Morgan fingerprint density at radius 3 is 2.49 bits per heavy atom. The van der Waals surface area contributed by atoms with E-state index in [4.69, 9.17) is 14.6 Å². The Kier molecular flexibility index (Phi) is 9.51. The highest BCUT2D eigenvalue weighted by Gasteiger charge is 2.22. The van der Waals surface area contributed by atoms with Crippen LogP contribution in [-0.2, 0) is 16.2 Å². The van der Waals surface area contributed by atoms with Crippen LogP contribution in [0.1, 0.15) is 49.3 Å². The molecule has 0 spiro atoms. The number of halogens is 1. The number of aromatic nitrogens is 1. The van der Waals surface area contributed by atoms with Crippen molar-refractivity contribution in [3.63, 3.8) is 0 Å². The van der Waals surface area contributed by atoms with Gasteiger partial charge in [0.1, 0.15) is 24.6 Å². The molecule has 1 atom stereocenters. The Hall–Kier alpha value is -4.04. The number of aliphatic carboxylic acids is 1. The lowest BCUT2D eigenvalue weighted by atomic mass is 9.88. The molecule has 0 aliphatic carbocycles. The summed E-state index contributed by atoms with van der Waals surface area (Å²) in [6.07, 6.45) is 4.33. The number of hydrogen-bond acceptors (Lipinski definition) is 6. The van der Waals surface area contributed by atoms with Gasteiger partial charge < -0.3 is 19.7 Å². The quantitative estimate of drug-likeness (QED) is 0.316. The van der Waals surface area contributed by atoms with Gasteiger partial charge in [0.2, 0.25) is 0 Å². The predicted octanol–water partition coefficient (Wildman–Crippen LogP) is 5.41. The summed E-state index contributed by atoms with van der Waals surface area (Å²) in [4.78, 5) is 26.8. The minimum absolute atomic E-state index is 0.0332. The van der Waals surface area contributed by atoms with E-state index in [9.17, 15) is 19.1 Å². The smallest absolute Gasteiger partial charge is 0.310 e. The fourth-order valence-corrected chi connectivity index (χ4v) is 3.92. The maximum atomic E-state index is 13.8. The molecule has 8 heteroatoms. The number of aliphatic hydroxyl groups is 1. The van der Waals surface area contributed by atoms with Gasteiger partial charge >= 0.3 is 5.97 Å². The van der Waals surface area contributed by atoms with Crippen LogP contribution in [-0.4, -0.2) is 40.2 Å². The second kappa shape index (κ2) is 12.8. The zero-order chi connectivity index (χ0) is 26.9. The van der Waals surface area contributed by atoms with Crippen LogP contribution in [0.4, 0.5) is 4.39 Å². The zero-order valence-corrected chi connectivity index (χ0v) is 21.0.